The van der Waals surface area contributed by atoms with Crippen LogP contribution in [0.25, 0.3) is 0 Å². The van der Waals surface area contributed by atoms with Gasteiger partial charge in [0.25, 0.3) is 11.8 Å². The smallest absolute Gasteiger partial charge is 0.254 e. The third kappa shape index (κ3) is 4.12. The number of carbonyl (C=O) groups is 2. The Bertz CT molecular complexity index is 570. The highest BCUT2D eigenvalue weighted by atomic mass is 16.2. The normalized spacial score (nSPS) is 21.7. The largest absolute Gasteiger partial charge is 0.342 e. The molecule has 0 radical (unpaired) electrons. The maximum absolute atomic E-state index is 12.9. The van der Waals surface area contributed by atoms with Gasteiger partial charge in [0, 0.05) is 37.3 Å². The van der Waals surface area contributed by atoms with Gasteiger partial charge in [-0.3, -0.25) is 9.59 Å². The van der Waals surface area contributed by atoms with Crippen molar-refractivity contribution in [3.63, 3.8) is 0 Å². The van der Waals surface area contributed by atoms with Crippen LogP contribution in [-0.2, 0) is 0 Å². The summed E-state index contributed by atoms with van der Waals surface area (Å²) in [4.78, 5) is 28.9. The Morgan fingerprint density at radius 2 is 1.91 bits per heavy atom. The first-order chi connectivity index (χ1) is 10.9. The van der Waals surface area contributed by atoms with Crippen molar-refractivity contribution in [3.8, 4) is 0 Å². The van der Waals surface area contributed by atoms with Crippen molar-refractivity contribution in [3.05, 3.63) is 35.4 Å². The Morgan fingerprint density at radius 3 is 2.61 bits per heavy atom. The molecular formula is C19H28N2O2. The van der Waals surface area contributed by atoms with E-state index in [2.05, 4.69) is 13.8 Å². The lowest BCUT2D eigenvalue weighted by Gasteiger charge is -2.29. The van der Waals surface area contributed by atoms with E-state index in [-0.39, 0.29) is 17.9 Å². The van der Waals surface area contributed by atoms with Crippen LogP contribution in [0.3, 0.4) is 0 Å². The summed E-state index contributed by atoms with van der Waals surface area (Å²) >= 11 is 0. The summed E-state index contributed by atoms with van der Waals surface area (Å²) in [5.74, 6) is 0.527. The van der Waals surface area contributed by atoms with Gasteiger partial charge in [0.2, 0.25) is 0 Å². The Hall–Kier alpha value is -1.84. The minimum absolute atomic E-state index is 0.0417. The lowest BCUT2D eigenvalue weighted by atomic mass is 10.1. The third-order valence-electron chi connectivity index (χ3n) is 4.80. The van der Waals surface area contributed by atoms with Gasteiger partial charge in [-0.2, -0.15) is 0 Å². The molecule has 0 saturated carbocycles. The van der Waals surface area contributed by atoms with Crippen LogP contribution in [0.4, 0.5) is 0 Å². The molecule has 1 fully saturated rings. The molecule has 1 aromatic carbocycles. The third-order valence-corrected chi connectivity index (χ3v) is 4.80. The van der Waals surface area contributed by atoms with Gasteiger partial charge >= 0.3 is 0 Å². The van der Waals surface area contributed by atoms with Gasteiger partial charge in [0.05, 0.1) is 0 Å². The van der Waals surface area contributed by atoms with Gasteiger partial charge in [-0.25, -0.2) is 0 Å². The molecule has 1 aromatic rings. The van der Waals surface area contributed by atoms with Gasteiger partial charge in [0.15, 0.2) is 0 Å². The molecule has 0 spiro atoms. The van der Waals surface area contributed by atoms with E-state index >= 15 is 0 Å². The van der Waals surface area contributed by atoms with Crippen LogP contribution in [0.1, 0.15) is 60.7 Å². The number of likely N-dealkylation sites (tertiary alicyclic amines) is 1. The van der Waals surface area contributed by atoms with Gasteiger partial charge in [-0.15, -0.1) is 0 Å². The Kier molecular flexibility index (Phi) is 5.80. The minimum atomic E-state index is -0.0422. The zero-order chi connectivity index (χ0) is 17.0. The van der Waals surface area contributed by atoms with Gasteiger partial charge < -0.3 is 9.80 Å². The molecule has 2 rings (SSSR count). The number of rotatable bonds is 3. The molecule has 0 bridgehead atoms. The fourth-order valence-corrected chi connectivity index (χ4v) is 3.12. The van der Waals surface area contributed by atoms with E-state index < -0.39 is 0 Å². The molecule has 1 heterocycles. The highest BCUT2D eigenvalue weighted by Gasteiger charge is 2.26. The maximum Gasteiger partial charge on any atom is 0.254 e. The van der Waals surface area contributed by atoms with Crippen molar-refractivity contribution < 1.29 is 9.59 Å². The molecule has 4 heteroatoms. The molecule has 23 heavy (non-hydrogen) atoms. The summed E-state index contributed by atoms with van der Waals surface area (Å²) in [5.41, 5.74) is 1.19. The summed E-state index contributed by atoms with van der Waals surface area (Å²) in [7, 11) is 1.77. The van der Waals surface area contributed by atoms with Crippen molar-refractivity contribution in [2.45, 2.75) is 46.1 Å². The predicted molar refractivity (Wildman–Crippen MR) is 92.6 cm³/mol. The van der Waals surface area contributed by atoms with Crippen molar-refractivity contribution >= 4 is 11.8 Å². The molecular weight excluding hydrogens is 288 g/mol. The van der Waals surface area contributed by atoms with E-state index in [0.717, 1.165) is 13.0 Å². The van der Waals surface area contributed by atoms with E-state index in [1.54, 1.807) is 30.1 Å². The summed E-state index contributed by atoms with van der Waals surface area (Å²) in [5, 5.41) is 0. The van der Waals surface area contributed by atoms with E-state index in [1.165, 1.54) is 12.8 Å². The average molecular weight is 316 g/mol. The van der Waals surface area contributed by atoms with Crippen molar-refractivity contribution in [2.24, 2.45) is 5.92 Å². The standard InChI is InChI=1S/C19H28N2O2/c1-5-20(4)18(22)16-10-7-11-17(12-16)19(23)21-13-14(2)8-6-9-15(21)3/h7,10-12,14-15H,5-6,8-9,13H2,1-4H3/t14-,15-/m0/s1. The summed E-state index contributed by atoms with van der Waals surface area (Å²) in [6.07, 6.45) is 3.40. The number of carbonyl (C=O) groups excluding carboxylic acids is 2. The minimum Gasteiger partial charge on any atom is -0.342 e. The first-order valence-electron chi connectivity index (χ1n) is 8.60. The quantitative estimate of drug-likeness (QED) is 0.857. The lowest BCUT2D eigenvalue weighted by Crippen LogP contribution is -2.40. The molecule has 1 aliphatic heterocycles. The van der Waals surface area contributed by atoms with Crippen LogP contribution in [0, 0.1) is 5.92 Å². The first-order valence-corrected chi connectivity index (χ1v) is 8.60. The van der Waals surface area contributed by atoms with Crippen LogP contribution >= 0.6 is 0 Å². The first kappa shape index (κ1) is 17.5. The fourth-order valence-electron chi connectivity index (χ4n) is 3.12. The molecule has 0 aliphatic carbocycles. The van der Waals surface area contributed by atoms with Crippen LogP contribution in [0.2, 0.25) is 0 Å². The van der Waals surface area contributed by atoms with Crippen LogP contribution in [0.15, 0.2) is 24.3 Å². The van der Waals surface area contributed by atoms with Crippen molar-refractivity contribution in [1.29, 1.82) is 0 Å². The second-order valence-corrected chi connectivity index (χ2v) is 6.74. The molecule has 2 atom stereocenters. The van der Waals surface area contributed by atoms with Crippen LogP contribution < -0.4 is 0 Å². The van der Waals surface area contributed by atoms with E-state index in [0.29, 0.717) is 23.6 Å². The molecule has 1 aliphatic rings. The Labute approximate surface area is 139 Å². The van der Waals surface area contributed by atoms with Crippen LogP contribution in [0.5, 0.6) is 0 Å². The summed E-state index contributed by atoms with van der Waals surface area (Å²) in [6.45, 7) is 7.71. The molecule has 2 amide bonds. The SMILES string of the molecule is CCN(C)C(=O)c1cccc(C(=O)N2C[C@@H](C)CCC[C@@H]2C)c1. The second kappa shape index (κ2) is 7.62. The molecule has 0 N–H and O–H groups in total. The number of hydrogen-bond acceptors (Lipinski definition) is 2. The number of amides is 2. The molecule has 126 valence electrons. The monoisotopic (exact) mass is 316 g/mol. The molecule has 0 aromatic heterocycles. The van der Waals surface area contributed by atoms with E-state index in [1.807, 2.05) is 17.9 Å². The zero-order valence-electron chi connectivity index (χ0n) is 14.7. The number of hydrogen-bond donors (Lipinski definition) is 0. The average Bonchev–Trinajstić information content (AvgIpc) is 2.73. The van der Waals surface area contributed by atoms with Gasteiger partial charge in [0.1, 0.15) is 0 Å². The lowest BCUT2D eigenvalue weighted by molar-refractivity contribution is 0.0677. The molecule has 4 nitrogen and oxygen atoms in total. The number of benzene rings is 1. The Balaban J connectivity index is 2.23. The van der Waals surface area contributed by atoms with Gasteiger partial charge in [-0.1, -0.05) is 19.4 Å². The molecule has 0 unspecified atom stereocenters. The molecule has 1 saturated heterocycles. The second-order valence-electron chi connectivity index (χ2n) is 6.74. The van der Waals surface area contributed by atoms with Crippen molar-refractivity contribution in [2.75, 3.05) is 20.1 Å². The van der Waals surface area contributed by atoms with Crippen LogP contribution in [-0.4, -0.2) is 47.8 Å². The highest BCUT2D eigenvalue weighted by molar-refractivity contribution is 5.99. The summed E-state index contributed by atoms with van der Waals surface area (Å²) in [6, 6.07) is 7.38. The van der Waals surface area contributed by atoms with E-state index in [9.17, 15) is 9.59 Å². The maximum atomic E-state index is 12.9. The number of nitrogens with zero attached hydrogens (tertiary/aromatic N) is 2. The summed E-state index contributed by atoms with van der Waals surface area (Å²) < 4.78 is 0. The predicted octanol–water partition coefficient (Wildman–Crippen LogP) is 3.43. The van der Waals surface area contributed by atoms with Crippen molar-refractivity contribution in [1.82, 2.24) is 9.80 Å². The Morgan fingerprint density at radius 1 is 1.22 bits per heavy atom. The highest BCUT2D eigenvalue weighted by Crippen LogP contribution is 2.23. The fraction of sp³-hybridized carbons (Fsp3) is 0.579. The zero-order valence-corrected chi connectivity index (χ0v) is 14.7. The van der Waals surface area contributed by atoms with E-state index in [4.69, 9.17) is 0 Å². The topological polar surface area (TPSA) is 40.6 Å². The van der Waals surface area contributed by atoms with Gasteiger partial charge in [-0.05, 0) is 50.8 Å².